The maximum Gasteiger partial charge on any atom is 0.332 e. The first kappa shape index (κ1) is 29.3. The molecule has 0 unspecified atom stereocenters. The topological polar surface area (TPSA) is 199 Å². The van der Waals surface area contributed by atoms with Gasteiger partial charge in [0, 0.05) is 6.42 Å². The summed E-state index contributed by atoms with van der Waals surface area (Å²) >= 11 is 0. The van der Waals surface area contributed by atoms with Gasteiger partial charge in [-0.3, -0.25) is 0 Å². The average Bonchev–Trinajstić information content (AvgIpc) is 2.80. The van der Waals surface area contributed by atoms with Crippen LogP contribution in [0.2, 0.25) is 0 Å². The molecule has 0 aliphatic rings. The third-order valence-electron chi connectivity index (χ3n) is 4.65. The van der Waals surface area contributed by atoms with Crippen molar-refractivity contribution in [1.29, 1.82) is 0 Å². The number of carbonyl (C=O) groups excluding carboxylic acids is 1. The molecule has 13 nitrogen and oxygen atoms in total. The Labute approximate surface area is 212 Å². The van der Waals surface area contributed by atoms with Gasteiger partial charge < -0.3 is 20.0 Å². The first-order chi connectivity index (χ1) is 17.3. The van der Waals surface area contributed by atoms with Gasteiger partial charge in [0.25, 0.3) is 5.09 Å². The molecule has 0 aliphatic carbocycles. The summed E-state index contributed by atoms with van der Waals surface area (Å²) in [4.78, 5) is 33.8. The maximum atomic E-state index is 14.6. The van der Waals surface area contributed by atoms with Gasteiger partial charge >= 0.3 is 5.97 Å². The number of nitrogens with zero attached hydrogens (tertiary/aromatic N) is 3. The highest BCUT2D eigenvalue weighted by atomic mass is 32.2. The van der Waals surface area contributed by atoms with E-state index in [-0.39, 0.29) is 37.0 Å². The summed E-state index contributed by atoms with van der Waals surface area (Å²) in [5.74, 6) is -1.84. The molecule has 2 aromatic carbocycles. The van der Waals surface area contributed by atoms with Gasteiger partial charge in [-0.1, -0.05) is 23.8 Å². The molecule has 0 aromatic heterocycles. The van der Waals surface area contributed by atoms with E-state index in [0.717, 1.165) is 34.9 Å². The van der Waals surface area contributed by atoms with E-state index < -0.39 is 45.0 Å². The molecule has 0 fully saturated rings. The summed E-state index contributed by atoms with van der Waals surface area (Å²) in [6, 6.07) is 8.72. The second-order valence-corrected chi connectivity index (χ2v) is 9.23. The quantitative estimate of drug-likeness (QED) is 0.100. The van der Waals surface area contributed by atoms with Gasteiger partial charge in [0.2, 0.25) is 10.0 Å². The van der Waals surface area contributed by atoms with Crippen molar-refractivity contribution in [3.63, 3.8) is 0 Å². The average molecular weight is 540 g/mol. The van der Waals surface area contributed by atoms with Crippen LogP contribution in [-0.2, 0) is 35.5 Å². The summed E-state index contributed by atoms with van der Waals surface area (Å²) in [5, 5.41) is 14.1. The molecule has 0 bridgehead atoms. The summed E-state index contributed by atoms with van der Waals surface area (Å²) in [6.45, 7) is 2.28. The van der Waals surface area contributed by atoms with Crippen LogP contribution >= 0.6 is 0 Å². The fraction of sp³-hybridized carbons (Fsp3) is 0.318. The Morgan fingerprint density at radius 3 is 2.51 bits per heavy atom. The highest BCUT2D eigenvalue weighted by Gasteiger charge is 2.13. The normalized spacial score (nSPS) is 12.3. The zero-order valence-corrected chi connectivity index (χ0v) is 20.9. The number of rotatable bonds is 12. The Morgan fingerprint density at radius 2 is 1.86 bits per heavy atom. The number of carbonyl (C=O) groups is 1. The molecule has 200 valence electrons. The van der Waals surface area contributed by atoms with E-state index >= 15 is 0 Å². The number of esters is 1. The van der Waals surface area contributed by atoms with Crippen LogP contribution in [0, 0.1) is 29.8 Å². The van der Waals surface area contributed by atoms with E-state index in [0.29, 0.717) is 0 Å². The molecule has 0 atom stereocenters. The smallest absolute Gasteiger partial charge is 0.332 e. The Bertz CT molecular complexity index is 1310. The van der Waals surface area contributed by atoms with E-state index in [2.05, 4.69) is 14.8 Å². The molecule has 0 saturated carbocycles. The highest BCUT2D eigenvalue weighted by molar-refractivity contribution is 7.89. The molecule has 4 N–H and O–H groups in total. The molecule has 2 rings (SSSR count). The number of nitrogens with two attached hydrogens (primary N) is 2. The third-order valence-corrected chi connectivity index (χ3v) is 5.56. The fourth-order valence-corrected chi connectivity index (χ4v) is 3.41. The Balaban J connectivity index is 2.20. The van der Waals surface area contributed by atoms with Crippen molar-refractivity contribution in [2.45, 2.75) is 25.2 Å². The van der Waals surface area contributed by atoms with Crippen LogP contribution in [0.3, 0.4) is 0 Å². The Hall–Kier alpha value is -3.95. The number of aryl methyl sites for hydroxylation is 2. The highest BCUT2D eigenvalue weighted by Crippen LogP contribution is 2.22. The standard InChI is InChI=1S/C22H26FN5O8S/c1-14-3-4-15(2)16(9-14)10-21(26-19-6-5-17(11-18(19)23)37(25,32)33)27-20(24)12-35-22(29)13-34-7-8-36-28(30)31/h3-6,9,11H,7-8,10,12-13H2,1-2H3,(H2,24,26,27)(H2,25,32,33). The molecule has 0 spiro atoms. The number of hydrogen-bond acceptors (Lipinski definition) is 9. The van der Waals surface area contributed by atoms with Gasteiger partial charge in [-0.25, -0.2) is 32.7 Å². The van der Waals surface area contributed by atoms with Crippen molar-refractivity contribution in [1.82, 2.24) is 0 Å². The van der Waals surface area contributed by atoms with E-state index in [1.165, 1.54) is 0 Å². The largest absolute Gasteiger partial charge is 0.456 e. The van der Waals surface area contributed by atoms with E-state index in [4.69, 9.17) is 20.3 Å². The van der Waals surface area contributed by atoms with Crippen molar-refractivity contribution < 1.29 is 37.0 Å². The van der Waals surface area contributed by atoms with Crippen LogP contribution in [0.15, 0.2) is 51.3 Å². The van der Waals surface area contributed by atoms with Gasteiger partial charge in [-0.2, -0.15) is 0 Å². The van der Waals surface area contributed by atoms with Gasteiger partial charge in [-0.15, -0.1) is 10.1 Å². The minimum absolute atomic E-state index is 0.0673. The molecule has 0 saturated heterocycles. The zero-order valence-electron chi connectivity index (χ0n) is 20.0. The second-order valence-electron chi connectivity index (χ2n) is 7.67. The van der Waals surface area contributed by atoms with Crippen molar-refractivity contribution in [2.24, 2.45) is 20.9 Å². The second kappa shape index (κ2) is 13.4. The van der Waals surface area contributed by atoms with Crippen LogP contribution in [0.25, 0.3) is 0 Å². The number of amidine groups is 2. The zero-order chi connectivity index (χ0) is 27.6. The maximum absolute atomic E-state index is 14.6. The van der Waals surface area contributed by atoms with E-state index in [1.807, 2.05) is 32.0 Å². The summed E-state index contributed by atoms with van der Waals surface area (Å²) in [7, 11) is -4.11. The molecular formula is C22H26FN5O8S. The molecule has 15 heteroatoms. The summed E-state index contributed by atoms with van der Waals surface area (Å²) in [6.07, 6.45) is 0.137. The molecule has 0 aliphatic heterocycles. The van der Waals surface area contributed by atoms with Crippen molar-refractivity contribution in [3.8, 4) is 0 Å². The fourth-order valence-electron chi connectivity index (χ4n) is 2.88. The first-order valence-electron chi connectivity index (χ1n) is 10.6. The van der Waals surface area contributed by atoms with Gasteiger partial charge in [0.05, 0.1) is 11.5 Å². The van der Waals surface area contributed by atoms with Crippen LogP contribution in [0.5, 0.6) is 0 Å². The monoisotopic (exact) mass is 539 g/mol. The predicted octanol–water partition coefficient (Wildman–Crippen LogP) is 1.49. The van der Waals surface area contributed by atoms with Crippen LogP contribution in [0.1, 0.15) is 16.7 Å². The van der Waals surface area contributed by atoms with Gasteiger partial charge in [0.15, 0.2) is 0 Å². The molecule has 0 heterocycles. The number of primary sulfonamides is 1. The lowest BCUT2D eigenvalue weighted by Gasteiger charge is -2.10. The van der Waals surface area contributed by atoms with Crippen LogP contribution < -0.4 is 10.9 Å². The summed E-state index contributed by atoms with van der Waals surface area (Å²) < 4.78 is 47.4. The molecule has 0 radical (unpaired) electrons. The number of hydrogen-bond donors (Lipinski definition) is 2. The molecular weight excluding hydrogens is 513 g/mol. The van der Waals surface area contributed by atoms with Gasteiger partial charge in [-0.05, 0) is 43.2 Å². The van der Waals surface area contributed by atoms with Crippen molar-refractivity contribution >= 4 is 33.4 Å². The van der Waals surface area contributed by atoms with Crippen LogP contribution in [0.4, 0.5) is 10.1 Å². The van der Waals surface area contributed by atoms with Gasteiger partial charge in [0.1, 0.15) is 43.0 Å². The minimum Gasteiger partial charge on any atom is -0.456 e. The first-order valence-corrected chi connectivity index (χ1v) is 12.2. The number of benzene rings is 2. The lowest BCUT2D eigenvalue weighted by atomic mass is 10.0. The third kappa shape index (κ3) is 10.3. The Morgan fingerprint density at radius 1 is 1.14 bits per heavy atom. The minimum atomic E-state index is -4.11. The lowest BCUT2D eigenvalue weighted by molar-refractivity contribution is -0.758. The van der Waals surface area contributed by atoms with Crippen molar-refractivity contribution in [2.75, 3.05) is 26.4 Å². The summed E-state index contributed by atoms with van der Waals surface area (Å²) in [5.41, 5.74) is 8.41. The number of aliphatic imine (C=N–C) groups is 2. The Kier molecular flexibility index (Phi) is 10.6. The lowest BCUT2D eigenvalue weighted by Crippen LogP contribution is -2.25. The van der Waals surface area contributed by atoms with E-state index in [1.54, 1.807) is 0 Å². The molecule has 2 aromatic rings. The SMILES string of the molecule is Cc1ccc(C)c(CC(N=C(N)COC(=O)COCCO[N+](=O)[O-])=Nc2ccc(S(N)(=O)=O)cc2F)c1. The number of ether oxygens (including phenoxy) is 2. The van der Waals surface area contributed by atoms with E-state index in [9.17, 15) is 27.7 Å². The molecule has 0 amide bonds. The number of sulfonamides is 1. The molecule has 37 heavy (non-hydrogen) atoms. The van der Waals surface area contributed by atoms with Crippen LogP contribution in [-0.4, -0.2) is 57.6 Å². The number of halogens is 1. The van der Waals surface area contributed by atoms with Crippen molar-refractivity contribution in [3.05, 3.63) is 69.0 Å². The predicted molar refractivity (Wildman–Crippen MR) is 131 cm³/mol.